The number of aromatic nitrogens is 1. The van der Waals surface area contributed by atoms with Gasteiger partial charge in [0.15, 0.2) is 12.2 Å². The second kappa shape index (κ2) is 10.4. The van der Waals surface area contributed by atoms with Gasteiger partial charge < -0.3 is 18.9 Å². The van der Waals surface area contributed by atoms with E-state index in [1.807, 2.05) is 0 Å². The average molecular weight is 395 g/mol. The molecule has 0 aliphatic carbocycles. The molecule has 0 N–H and O–H groups in total. The minimum Gasteiger partial charge on any atom is -0.460 e. The number of esters is 4. The zero-order valence-electron chi connectivity index (χ0n) is 16.8. The molecule has 0 unspecified atom stereocenters. The van der Waals surface area contributed by atoms with Gasteiger partial charge in [-0.25, -0.2) is 24.2 Å². The summed E-state index contributed by atoms with van der Waals surface area (Å²) in [5.74, 6) is -3.21. The van der Waals surface area contributed by atoms with Crippen molar-refractivity contribution in [3.63, 3.8) is 0 Å². The second-order valence-corrected chi connectivity index (χ2v) is 6.47. The smallest absolute Gasteiger partial charge is 0.357 e. The number of ether oxygens (including phenoxy) is 4. The van der Waals surface area contributed by atoms with E-state index in [0.29, 0.717) is 0 Å². The Bertz CT molecular complexity index is 671. The Morgan fingerprint density at radius 2 is 1.04 bits per heavy atom. The van der Waals surface area contributed by atoms with Gasteiger partial charge in [0.1, 0.15) is 11.4 Å². The number of carbonyl (C=O) groups excluding carboxylic acids is 4. The lowest BCUT2D eigenvalue weighted by Crippen LogP contribution is -2.29. The van der Waals surface area contributed by atoms with Crippen molar-refractivity contribution in [1.82, 2.24) is 4.98 Å². The number of hydrogen-bond donors (Lipinski definition) is 0. The van der Waals surface area contributed by atoms with Crippen LogP contribution in [-0.2, 0) is 28.5 Å². The van der Waals surface area contributed by atoms with E-state index in [2.05, 4.69) is 4.98 Å². The molecule has 0 fully saturated rings. The molecule has 0 bridgehead atoms. The Morgan fingerprint density at radius 1 is 0.679 bits per heavy atom. The SMILES string of the molecule is CC(C)OC(=O)[C@H](C)OC(=O)c1cccc(C(=O)O[C@@H](C)C(=O)OC(C)C)n1. The fourth-order valence-corrected chi connectivity index (χ4v) is 1.86. The summed E-state index contributed by atoms with van der Waals surface area (Å²) in [5, 5.41) is 0. The van der Waals surface area contributed by atoms with Crippen LogP contribution in [0.2, 0.25) is 0 Å². The molecule has 0 saturated heterocycles. The summed E-state index contributed by atoms with van der Waals surface area (Å²) in [6.45, 7) is 9.40. The van der Waals surface area contributed by atoms with Crippen molar-refractivity contribution in [2.45, 2.75) is 66.0 Å². The van der Waals surface area contributed by atoms with Gasteiger partial charge >= 0.3 is 23.9 Å². The number of hydrogen-bond acceptors (Lipinski definition) is 9. The summed E-state index contributed by atoms with van der Waals surface area (Å²) < 4.78 is 19.9. The topological polar surface area (TPSA) is 118 Å². The number of rotatable bonds is 8. The van der Waals surface area contributed by atoms with Crippen LogP contribution in [0, 0.1) is 0 Å². The van der Waals surface area contributed by atoms with Gasteiger partial charge in [-0.2, -0.15) is 0 Å². The zero-order chi connectivity index (χ0) is 21.4. The third kappa shape index (κ3) is 7.34. The van der Waals surface area contributed by atoms with Gasteiger partial charge in [0.25, 0.3) is 0 Å². The maximum absolute atomic E-state index is 12.2. The molecule has 0 saturated carbocycles. The molecule has 28 heavy (non-hydrogen) atoms. The van der Waals surface area contributed by atoms with Crippen LogP contribution in [0.25, 0.3) is 0 Å². The molecule has 0 aliphatic heterocycles. The Balaban J connectivity index is 2.77. The summed E-state index contributed by atoms with van der Waals surface area (Å²) in [6.07, 6.45) is -2.99. The highest BCUT2D eigenvalue weighted by molar-refractivity contribution is 5.93. The van der Waals surface area contributed by atoms with Crippen LogP contribution in [0.5, 0.6) is 0 Å². The monoisotopic (exact) mass is 395 g/mol. The molecule has 1 aromatic rings. The lowest BCUT2D eigenvalue weighted by molar-refractivity contribution is -0.157. The molecule has 0 radical (unpaired) electrons. The molecule has 0 aliphatic rings. The van der Waals surface area contributed by atoms with E-state index in [1.165, 1.54) is 32.0 Å². The highest BCUT2D eigenvalue weighted by Gasteiger charge is 2.25. The Labute approximate surface area is 163 Å². The van der Waals surface area contributed by atoms with Gasteiger partial charge in [-0.05, 0) is 53.7 Å². The van der Waals surface area contributed by atoms with Gasteiger partial charge in [-0.3, -0.25) is 0 Å². The van der Waals surface area contributed by atoms with Gasteiger partial charge in [0.05, 0.1) is 12.2 Å². The fourth-order valence-electron chi connectivity index (χ4n) is 1.86. The van der Waals surface area contributed by atoms with Crippen molar-refractivity contribution in [2.75, 3.05) is 0 Å². The molecular formula is C19H25NO8. The summed E-state index contributed by atoms with van der Waals surface area (Å²) in [7, 11) is 0. The molecule has 0 amide bonds. The summed E-state index contributed by atoms with van der Waals surface area (Å²) in [6, 6.07) is 4.03. The molecule has 0 aromatic carbocycles. The molecule has 9 heteroatoms. The van der Waals surface area contributed by atoms with Gasteiger partial charge in [0, 0.05) is 0 Å². The standard InChI is InChI=1S/C19H25NO8/c1-10(2)25-16(21)12(5)27-18(23)14-8-7-9-15(20-14)19(24)28-13(6)17(22)26-11(3)4/h7-13H,1-6H3/t12-,13-/m0/s1. The van der Waals surface area contributed by atoms with E-state index in [9.17, 15) is 19.2 Å². The van der Waals surface area contributed by atoms with Crippen LogP contribution in [-0.4, -0.2) is 53.3 Å². The zero-order valence-corrected chi connectivity index (χ0v) is 16.8. The van der Waals surface area contributed by atoms with Crippen molar-refractivity contribution < 1.29 is 38.1 Å². The van der Waals surface area contributed by atoms with Crippen molar-refractivity contribution in [3.05, 3.63) is 29.6 Å². The molecule has 0 spiro atoms. The van der Waals surface area contributed by atoms with Crippen molar-refractivity contribution in [1.29, 1.82) is 0 Å². The van der Waals surface area contributed by atoms with Crippen LogP contribution in [0.1, 0.15) is 62.5 Å². The lowest BCUT2D eigenvalue weighted by Gasteiger charge is -2.15. The number of carbonyl (C=O) groups is 4. The highest BCUT2D eigenvalue weighted by atomic mass is 16.6. The van der Waals surface area contributed by atoms with E-state index in [1.54, 1.807) is 27.7 Å². The minimum atomic E-state index is -1.14. The first-order valence-electron chi connectivity index (χ1n) is 8.81. The summed E-state index contributed by atoms with van der Waals surface area (Å²) in [5.41, 5.74) is -0.396. The van der Waals surface area contributed by atoms with Crippen LogP contribution < -0.4 is 0 Å². The highest BCUT2D eigenvalue weighted by Crippen LogP contribution is 2.08. The molecule has 154 valence electrons. The van der Waals surface area contributed by atoms with E-state index < -0.39 is 36.1 Å². The molecule has 1 rings (SSSR count). The normalized spacial score (nSPS) is 12.9. The fraction of sp³-hybridized carbons (Fsp3) is 0.526. The van der Waals surface area contributed by atoms with Gasteiger partial charge in [-0.15, -0.1) is 0 Å². The van der Waals surface area contributed by atoms with E-state index in [4.69, 9.17) is 18.9 Å². The maximum Gasteiger partial charge on any atom is 0.357 e. The first-order valence-corrected chi connectivity index (χ1v) is 8.81. The quantitative estimate of drug-likeness (QED) is 0.481. The molecular weight excluding hydrogens is 370 g/mol. The predicted molar refractivity (Wildman–Crippen MR) is 96.4 cm³/mol. The molecule has 1 aromatic heterocycles. The molecule has 1 heterocycles. The van der Waals surface area contributed by atoms with Crippen LogP contribution in [0.15, 0.2) is 18.2 Å². The van der Waals surface area contributed by atoms with E-state index >= 15 is 0 Å². The van der Waals surface area contributed by atoms with E-state index in [-0.39, 0.29) is 23.6 Å². The Kier molecular flexibility index (Phi) is 8.56. The van der Waals surface area contributed by atoms with Crippen LogP contribution in [0.4, 0.5) is 0 Å². The number of pyridine rings is 1. The van der Waals surface area contributed by atoms with Gasteiger partial charge in [-0.1, -0.05) is 6.07 Å². The Morgan fingerprint density at radius 3 is 1.36 bits per heavy atom. The summed E-state index contributed by atoms with van der Waals surface area (Å²) in [4.78, 5) is 51.6. The largest absolute Gasteiger partial charge is 0.460 e. The Hall–Kier alpha value is -2.97. The van der Waals surface area contributed by atoms with Gasteiger partial charge in [0.2, 0.25) is 0 Å². The minimum absolute atomic E-state index is 0.198. The summed E-state index contributed by atoms with van der Waals surface area (Å²) >= 11 is 0. The van der Waals surface area contributed by atoms with Crippen molar-refractivity contribution in [2.24, 2.45) is 0 Å². The average Bonchev–Trinajstić information content (AvgIpc) is 2.60. The van der Waals surface area contributed by atoms with Crippen molar-refractivity contribution in [3.8, 4) is 0 Å². The van der Waals surface area contributed by atoms with Crippen molar-refractivity contribution >= 4 is 23.9 Å². The molecule has 9 nitrogen and oxygen atoms in total. The van der Waals surface area contributed by atoms with E-state index in [0.717, 1.165) is 0 Å². The molecule has 2 atom stereocenters. The predicted octanol–water partition coefficient (Wildman–Crippen LogP) is 2.08. The third-order valence-corrected chi connectivity index (χ3v) is 3.10. The number of nitrogens with zero attached hydrogens (tertiary/aromatic N) is 1. The lowest BCUT2D eigenvalue weighted by atomic mass is 10.3. The third-order valence-electron chi connectivity index (χ3n) is 3.10. The van der Waals surface area contributed by atoms with Crippen LogP contribution in [0.3, 0.4) is 0 Å². The maximum atomic E-state index is 12.2. The first kappa shape index (κ1) is 23.1. The van der Waals surface area contributed by atoms with Crippen LogP contribution >= 0.6 is 0 Å². The second-order valence-electron chi connectivity index (χ2n) is 6.47. The first-order chi connectivity index (χ1) is 13.0.